The summed E-state index contributed by atoms with van der Waals surface area (Å²) in [5, 5.41) is 2.76. The number of para-hydroxylation sites is 1. The molecule has 2 rings (SSSR count). The maximum absolute atomic E-state index is 12.2. The van der Waals surface area contributed by atoms with Crippen LogP contribution in [-0.4, -0.2) is 66.6 Å². The van der Waals surface area contributed by atoms with Crippen LogP contribution in [0.4, 0.5) is 5.69 Å². The van der Waals surface area contributed by atoms with Gasteiger partial charge in [0.05, 0.1) is 24.4 Å². The Morgan fingerprint density at radius 3 is 2.62 bits per heavy atom. The molecule has 0 radical (unpaired) electrons. The first-order chi connectivity index (χ1) is 13.6. The van der Waals surface area contributed by atoms with E-state index in [4.69, 9.17) is 4.74 Å². The number of thioether (sulfide) groups is 1. The Hall–Kier alpha value is -2.55. The van der Waals surface area contributed by atoms with Crippen LogP contribution in [0.2, 0.25) is 0 Å². The molecule has 0 fully saturated rings. The quantitative estimate of drug-likeness (QED) is 0.669. The highest BCUT2D eigenvalue weighted by Crippen LogP contribution is 2.34. The molecule has 1 aliphatic rings. The molecule has 158 valence electrons. The smallest absolute Gasteiger partial charge is 0.308 e. The lowest BCUT2D eigenvalue weighted by molar-refractivity contribution is -0.151. The van der Waals surface area contributed by atoms with Gasteiger partial charge in [-0.1, -0.05) is 12.1 Å². The molecule has 0 bridgehead atoms. The van der Waals surface area contributed by atoms with Gasteiger partial charge in [-0.2, -0.15) is 0 Å². The molecule has 3 amide bonds. The molecule has 0 saturated carbocycles. The number of ether oxygens (including phenoxy) is 1. The highest BCUT2D eigenvalue weighted by Gasteiger charge is 2.25. The van der Waals surface area contributed by atoms with Gasteiger partial charge in [0.15, 0.2) is 6.61 Å². The molecular formula is C20H27N3O5S. The van der Waals surface area contributed by atoms with Crippen molar-refractivity contribution in [2.45, 2.75) is 37.6 Å². The molecule has 0 saturated heterocycles. The van der Waals surface area contributed by atoms with Crippen LogP contribution in [0.15, 0.2) is 29.2 Å². The number of hydrogen-bond acceptors (Lipinski definition) is 6. The van der Waals surface area contributed by atoms with Gasteiger partial charge in [-0.3, -0.25) is 19.2 Å². The average Bonchev–Trinajstić information content (AvgIpc) is 2.63. The van der Waals surface area contributed by atoms with E-state index in [9.17, 15) is 19.2 Å². The second kappa shape index (κ2) is 9.78. The summed E-state index contributed by atoms with van der Waals surface area (Å²) in [6, 6.07) is 7.51. The zero-order valence-corrected chi connectivity index (χ0v) is 18.0. The first-order valence-corrected chi connectivity index (χ1v) is 10.3. The van der Waals surface area contributed by atoms with Crippen molar-refractivity contribution in [2.24, 2.45) is 0 Å². The Morgan fingerprint density at radius 1 is 1.24 bits per heavy atom. The lowest BCUT2D eigenvalue weighted by Gasteiger charge is -2.28. The van der Waals surface area contributed by atoms with E-state index in [0.29, 0.717) is 5.75 Å². The van der Waals surface area contributed by atoms with Crippen LogP contribution >= 0.6 is 11.8 Å². The van der Waals surface area contributed by atoms with E-state index in [2.05, 4.69) is 5.32 Å². The standard InChI is InChI=1S/C20H27N3O5S/c1-20(2,3)21-16(24)11-22(4)17(25)12-28-19(27)9-10-23-14-7-5-6-8-15(14)29-13-18(23)26/h5-8H,9-13H2,1-4H3,(H,21,24). The van der Waals surface area contributed by atoms with Crippen molar-refractivity contribution in [2.75, 3.05) is 37.4 Å². The summed E-state index contributed by atoms with van der Waals surface area (Å²) in [5.74, 6) is -1.08. The monoisotopic (exact) mass is 421 g/mol. The molecule has 1 heterocycles. The molecule has 29 heavy (non-hydrogen) atoms. The number of likely N-dealkylation sites (N-methyl/N-ethyl adjacent to an activating group) is 1. The molecule has 0 unspecified atom stereocenters. The van der Waals surface area contributed by atoms with E-state index in [1.807, 2.05) is 45.0 Å². The van der Waals surface area contributed by atoms with Crippen LogP contribution in [0.25, 0.3) is 0 Å². The Bertz CT molecular complexity index is 791. The third kappa shape index (κ3) is 7.08. The molecule has 1 aromatic rings. The predicted molar refractivity (Wildman–Crippen MR) is 111 cm³/mol. The van der Waals surface area contributed by atoms with Crippen molar-refractivity contribution in [1.82, 2.24) is 10.2 Å². The molecule has 9 heteroatoms. The van der Waals surface area contributed by atoms with Gasteiger partial charge in [-0.25, -0.2) is 0 Å². The van der Waals surface area contributed by atoms with Crippen molar-refractivity contribution in [1.29, 1.82) is 0 Å². The summed E-state index contributed by atoms with van der Waals surface area (Å²) < 4.78 is 5.02. The molecule has 0 spiro atoms. The lowest BCUT2D eigenvalue weighted by Crippen LogP contribution is -2.47. The van der Waals surface area contributed by atoms with E-state index >= 15 is 0 Å². The van der Waals surface area contributed by atoms with Crippen molar-refractivity contribution in [3.8, 4) is 0 Å². The Labute approximate surface area is 174 Å². The highest BCUT2D eigenvalue weighted by atomic mass is 32.2. The maximum Gasteiger partial charge on any atom is 0.308 e. The van der Waals surface area contributed by atoms with Gasteiger partial charge < -0.3 is 19.9 Å². The number of benzene rings is 1. The number of hydrogen-bond donors (Lipinski definition) is 1. The molecular weight excluding hydrogens is 394 g/mol. The van der Waals surface area contributed by atoms with Gasteiger partial charge in [-0.05, 0) is 32.9 Å². The third-order valence-electron chi connectivity index (χ3n) is 4.03. The fourth-order valence-electron chi connectivity index (χ4n) is 2.69. The number of esters is 1. The summed E-state index contributed by atoms with van der Waals surface area (Å²) in [6.45, 7) is 5.16. The first kappa shape index (κ1) is 22.7. The molecule has 0 atom stereocenters. The number of rotatable bonds is 7. The summed E-state index contributed by atoms with van der Waals surface area (Å²) >= 11 is 1.47. The summed E-state index contributed by atoms with van der Waals surface area (Å²) in [6.07, 6.45) is -0.0216. The Kier molecular flexibility index (Phi) is 7.66. The molecule has 1 aliphatic heterocycles. The van der Waals surface area contributed by atoms with Crippen LogP contribution in [0.5, 0.6) is 0 Å². The van der Waals surface area contributed by atoms with Crippen LogP contribution in [-0.2, 0) is 23.9 Å². The number of amides is 3. The van der Waals surface area contributed by atoms with Crippen LogP contribution in [0, 0.1) is 0 Å². The van der Waals surface area contributed by atoms with Gasteiger partial charge in [0.25, 0.3) is 5.91 Å². The summed E-state index contributed by atoms with van der Waals surface area (Å²) in [7, 11) is 1.47. The minimum atomic E-state index is -0.575. The molecule has 1 aromatic carbocycles. The largest absolute Gasteiger partial charge is 0.456 e. The van der Waals surface area contributed by atoms with Crippen LogP contribution < -0.4 is 10.2 Å². The third-order valence-corrected chi connectivity index (χ3v) is 5.07. The lowest BCUT2D eigenvalue weighted by atomic mass is 10.1. The fourth-order valence-corrected chi connectivity index (χ4v) is 3.62. The van der Waals surface area contributed by atoms with Crippen molar-refractivity contribution < 1.29 is 23.9 Å². The van der Waals surface area contributed by atoms with E-state index in [-0.39, 0.29) is 31.3 Å². The SMILES string of the molecule is CN(CC(=O)NC(C)(C)C)C(=O)COC(=O)CCN1C(=O)CSc2ccccc21. The van der Waals surface area contributed by atoms with Crippen molar-refractivity contribution in [3.63, 3.8) is 0 Å². The van der Waals surface area contributed by atoms with Crippen molar-refractivity contribution in [3.05, 3.63) is 24.3 Å². The second-order valence-corrected chi connectivity index (χ2v) is 8.78. The van der Waals surface area contributed by atoms with Gasteiger partial charge >= 0.3 is 5.97 Å². The molecule has 1 N–H and O–H groups in total. The topological polar surface area (TPSA) is 96.0 Å². The number of carbonyl (C=O) groups is 4. The maximum atomic E-state index is 12.2. The fraction of sp³-hybridized carbons (Fsp3) is 0.500. The summed E-state index contributed by atoms with van der Waals surface area (Å²) in [4.78, 5) is 51.9. The number of carbonyl (C=O) groups excluding carboxylic acids is 4. The number of nitrogens with one attached hydrogen (secondary N) is 1. The number of nitrogens with zero attached hydrogens (tertiary/aromatic N) is 2. The Balaban J connectivity index is 1.78. The van der Waals surface area contributed by atoms with Gasteiger partial charge in [0.2, 0.25) is 11.8 Å². The highest BCUT2D eigenvalue weighted by molar-refractivity contribution is 8.00. The van der Waals surface area contributed by atoms with E-state index in [1.54, 1.807) is 4.90 Å². The number of fused-ring (bicyclic) bond motifs is 1. The normalized spacial score (nSPS) is 13.5. The number of anilines is 1. The van der Waals surface area contributed by atoms with Crippen molar-refractivity contribution >= 4 is 41.1 Å². The second-order valence-electron chi connectivity index (χ2n) is 7.76. The molecule has 0 aromatic heterocycles. The predicted octanol–water partition coefficient (Wildman–Crippen LogP) is 1.43. The zero-order valence-electron chi connectivity index (χ0n) is 17.2. The van der Waals surface area contributed by atoms with Gasteiger partial charge in [0, 0.05) is 24.0 Å². The van der Waals surface area contributed by atoms with E-state index in [0.717, 1.165) is 10.6 Å². The minimum absolute atomic E-state index is 0.0216. The first-order valence-electron chi connectivity index (χ1n) is 9.29. The Morgan fingerprint density at radius 2 is 1.93 bits per heavy atom. The van der Waals surface area contributed by atoms with Gasteiger partial charge in [0.1, 0.15) is 0 Å². The average molecular weight is 422 g/mol. The minimum Gasteiger partial charge on any atom is -0.456 e. The van der Waals surface area contributed by atoms with Crippen LogP contribution in [0.1, 0.15) is 27.2 Å². The molecule has 0 aliphatic carbocycles. The van der Waals surface area contributed by atoms with E-state index in [1.165, 1.54) is 23.7 Å². The molecule has 8 nitrogen and oxygen atoms in total. The van der Waals surface area contributed by atoms with Crippen LogP contribution in [0.3, 0.4) is 0 Å². The zero-order chi connectivity index (χ0) is 21.6. The van der Waals surface area contributed by atoms with E-state index < -0.39 is 24.0 Å². The van der Waals surface area contributed by atoms with Gasteiger partial charge in [-0.15, -0.1) is 11.8 Å². The summed E-state index contributed by atoms with van der Waals surface area (Å²) in [5.41, 5.74) is 0.387.